The molecular formula is C7H11NO2. The SMILES string of the molecule is CC(C)OC1=CC(=O)NC1. The van der Waals surface area contributed by atoms with Crippen LogP contribution in [0.1, 0.15) is 13.8 Å². The van der Waals surface area contributed by atoms with Gasteiger partial charge in [0.05, 0.1) is 12.6 Å². The summed E-state index contributed by atoms with van der Waals surface area (Å²) in [7, 11) is 0. The Kier molecular flexibility index (Phi) is 1.94. The Morgan fingerprint density at radius 3 is 2.80 bits per heavy atom. The molecule has 1 amide bonds. The van der Waals surface area contributed by atoms with Crippen molar-refractivity contribution in [3.8, 4) is 0 Å². The second kappa shape index (κ2) is 2.73. The number of carbonyl (C=O) groups excluding carboxylic acids is 1. The first kappa shape index (κ1) is 7.12. The number of rotatable bonds is 2. The highest BCUT2D eigenvalue weighted by atomic mass is 16.5. The largest absolute Gasteiger partial charge is 0.493 e. The summed E-state index contributed by atoms with van der Waals surface area (Å²) in [6.45, 7) is 4.41. The molecule has 3 heteroatoms. The normalized spacial score (nSPS) is 17.1. The molecule has 10 heavy (non-hydrogen) atoms. The van der Waals surface area contributed by atoms with Crippen molar-refractivity contribution in [3.05, 3.63) is 11.8 Å². The maximum Gasteiger partial charge on any atom is 0.247 e. The maximum absolute atomic E-state index is 10.6. The van der Waals surface area contributed by atoms with Gasteiger partial charge in [-0.2, -0.15) is 0 Å². The number of ether oxygens (including phenoxy) is 1. The zero-order chi connectivity index (χ0) is 7.56. The second-order valence-electron chi connectivity index (χ2n) is 2.50. The van der Waals surface area contributed by atoms with E-state index in [0.29, 0.717) is 6.54 Å². The van der Waals surface area contributed by atoms with E-state index in [2.05, 4.69) is 5.32 Å². The summed E-state index contributed by atoms with van der Waals surface area (Å²) in [6.07, 6.45) is 1.64. The Labute approximate surface area is 60.1 Å². The fourth-order valence-corrected chi connectivity index (χ4v) is 0.801. The van der Waals surface area contributed by atoms with Crippen LogP contribution in [-0.4, -0.2) is 18.6 Å². The van der Waals surface area contributed by atoms with Crippen molar-refractivity contribution in [1.82, 2.24) is 5.32 Å². The van der Waals surface area contributed by atoms with Crippen LogP contribution in [0.15, 0.2) is 11.8 Å². The Morgan fingerprint density at radius 2 is 2.40 bits per heavy atom. The molecule has 0 aromatic heterocycles. The van der Waals surface area contributed by atoms with Crippen LogP contribution in [0.25, 0.3) is 0 Å². The molecule has 0 aromatic carbocycles. The first-order chi connectivity index (χ1) is 4.68. The van der Waals surface area contributed by atoms with Gasteiger partial charge in [-0.15, -0.1) is 0 Å². The molecule has 0 aromatic rings. The van der Waals surface area contributed by atoms with Crippen LogP contribution in [0.4, 0.5) is 0 Å². The van der Waals surface area contributed by atoms with Gasteiger partial charge in [-0.1, -0.05) is 0 Å². The van der Waals surface area contributed by atoms with E-state index < -0.39 is 0 Å². The van der Waals surface area contributed by atoms with Gasteiger partial charge in [-0.3, -0.25) is 4.79 Å². The zero-order valence-electron chi connectivity index (χ0n) is 6.18. The molecule has 0 unspecified atom stereocenters. The summed E-state index contributed by atoms with van der Waals surface area (Å²) >= 11 is 0. The smallest absolute Gasteiger partial charge is 0.247 e. The Balaban J connectivity index is 2.43. The molecule has 1 N–H and O–H groups in total. The van der Waals surface area contributed by atoms with Crippen LogP contribution >= 0.6 is 0 Å². The van der Waals surface area contributed by atoms with Gasteiger partial charge >= 0.3 is 0 Å². The number of amides is 1. The Hall–Kier alpha value is -0.990. The molecule has 0 radical (unpaired) electrons. The molecule has 1 heterocycles. The summed E-state index contributed by atoms with van der Waals surface area (Å²) in [6, 6.07) is 0. The molecule has 0 spiro atoms. The van der Waals surface area contributed by atoms with E-state index in [1.165, 1.54) is 6.08 Å². The topological polar surface area (TPSA) is 38.3 Å². The highest BCUT2D eigenvalue weighted by Crippen LogP contribution is 2.04. The molecule has 1 aliphatic rings. The lowest BCUT2D eigenvalue weighted by molar-refractivity contribution is -0.115. The second-order valence-corrected chi connectivity index (χ2v) is 2.50. The molecule has 56 valence electrons. The van der Waals surface area contributed by atoms with Gasteiger partial charge in [0, 0.05) is 6.08 Å². The molecule has 0 saturated heterocycles. The number of nitrogens with one attached hydrogen (secondary N) is 1. The van der Waals surface area contributed by atoms with Crippen molar-refractivity contribution in [2.45, 2.75) is 20.0 Å². The zero-order valence-corrected chi connectivity index (χ0v) is 6.18. The first-order valence-electron chi connectivity index (χ1n) is 3.33. The number of hydrogen-bond acceptors (Lipinski definition) is 2. The van der Waals surface area contributed by atoms with Gasteiger partial charge in [0.25, 0.3) is 0 Å². The molecular weight excluding hydrogens is 130 g/mol. The average Bonchev–Trinajstić information content (AvgIpc) is 2.13. The molecule has 1 rings (SSSR count). The van der Waals surface area contributed by atoms with E-state index in [1.807, 2.05) is 13.8 Å². The number of hydrogen-bond donors (Lipinski definition) is 1. The quantitative estimate of drug-likeness (QED) is 0.605. The number of carbonyl (C=O) groups is 1. The van der Waals surface area contributed by atoms with Crippen molar-refractivity contribution >= 4 is 5.91 Å². The molecule has 0 aliphatic carbocycles. The van der Waals surface area contributed by atoms with Crippen molar-refractivity contribution in [1.29, 1.82) is 0 Å². The van der Waals surface area contributed by atoms with Crippen molar-refractivity contribution in [2.75, 3.05) is 6.54 Å². The van der Waals surface area contributed by atoms with Gasteiger partial charge in [0.2, 0.25) is 5.91 Å². The molecule has 3 nitrogen and oxygen atoms in total. The van der Waals surface area contributed by atoms with Crippen LogP contribution in [0, 0.1) is 0 Å². The van der Waals surface area contributed by atoms with Gasteiger partial charge in [0.1, 0.15) is 5.76 Å². The average molecular weight is 141 g/mol. The van der Waals surface area contributed by atoms with E-state index in [0.717, 1.165) is 5.76 Å². The summed E-state index contributed by atoms with van der Waals surface area (Å²) in [5.74, 6) is 0.677. The predicted octanol–water partition coefficient (Wildman–Crippen LogP) is 0.425. The standard InChI is InChI=1S/C7H11NO2/c1-5(2)10-6-3-7(9)8-4-6/h3,5H,4H2,1-2H3,(H,8,9). The third kappa shape index (κ3) is 1.76. The van der Waals surface area contributed by atoms with Crippen molar-refractivity contribution in [3.63, 3.8) is 0 Å². The summed E-state index contributed by atoms with van der Waals surface area (Å²) in [5.41, 5.74) is 0. The maximum atomic E-state index is 10.6. The fraction of sp³-hybridized carbons (Fsp3) is 0.571. The van der Waals surface area contributed by atoms with E-state index in [9.17, 15) is 4.79 Å². The summed E-state index contributed by atoms with van der Waals surface area (Å²) < 4.78 is 5.26. The summed E-state index contributed by atoms with van der Waals surface area (Å²) in [4.78, 5) is 10.6. The molecule has 1 aliphatic heterocycles. The van der Waals surface area contributed by atoms with Gasteiger partial charge < -0.3 is 10.1 Å². The van der Waals surface area contributed by atoms with Crippen LogP contribution in [0.2, 0.25) is 0 Å². The van der Waals surface area contributed by atoms with E-state index in [4.69, 9.17) is 4.74 Å². The van der Waals surface area contributed by atoms with Crippen LogP contribution in [0.3, 0.4) is 0 Å². The fourth-order valence-electron chi connectivity index (χ4n) is 0.801. The van der Waals surface area contributed by atoms with Crippen molar-refractivity contribution in [2.24, 2.45) is 0 Å². The first-order valence-corrected chi connectivity index (χ1v) is 3.33. The lowest BCUT2D eigenvalue weighted by atomic mass is 10.4. The molecule has 0 fully saturated rings. The molecule has 0 atom stereocenters. The minimum Gasteiger partial charge on any atom is -0.493 e. The van der Waals surface area contributed by atoms with Crippen LogP contribution in [0.5, 0.6) is 0 Å². The highest BCUT2D eigenvalue weighted by Gasteiger charge is 2.11. The van der Waals surface area contributed by atoms with E-state index >= 15 is 0 Å². The Bertz CT molecular complexity index is 172. The monoisotopic (exact) mass is 141 g/mol. The minimum absolute atomic E-state index is 0.0596. The lowest BCUT2D eigenvalue weighted by Crippen LogP contribution is -2.16. The molecule has 0 saturated carbocycles. The lowest BCUT2D eigenvalue weighted by Gasteiger charge is -2.08. The molecule has 0 bridgehead atoms. The van der Waals surface area contributed by atoms with E-state index in [-0.39, 0.29) is 12.0 Å². The van der Waals surface area contributed by atoms with Crippen LogP contribution in [-0.2, 0) is 9.53 Å². The highest BCUT2D eigenvalue weighted by molar-refractivity contribution is 5.90. The van der Waals surface area contributed by atoms with Crippen LogP contribution < -0.4 is 5.32 Å². The third-order valence-corrected chi connectivity index (χ3v) is 1.12. The minimum atomic E-state index is -0.0596. The van der Waals surface area contributed by atoms with Gasteiger partial charge in [0.15, 0.2) is 0 Å². The van der Waals surface area contributed by atoms with Gasteiger partial charge in [-0.05, 0) is 13.8 Å². The third-order valence-electron chi connectivity index (χ3n) is 1.12. The Morgan fingerprint density at radius 1 is 1.70 bits per heavy atom. The van der Waals surface area contributed by atoms with E-state index in [1.54, 1.807) is 0 Å². The summed E-state index contributed by atoms with van der Waals surface area (Å²) in [5, 5.41) is 2.62. The van der Waals surface area contributed by atoms with Crippen molar-refractivity contribution < 1.29 is 9.53 Å². The van der Waals surface area contributed by atoms with Gasteiger partial charge in [-0.25, -0.2) is 0 Å². The predicted molar refractivity (Wildman–Crippen MR) is 37.3 cm³/mol.